The molecule has 0 aliphatic carbocycles. The van der Waals surface area contributed by atoms with Crippen molar-refractivity contribution >= 4 is 45.1 Å². The van der Waals surface area contributed by atoms with Crippen LogP contribution in [0.25, 0.3) is 16.2 Å². The fourth-order valence-electron chi connectivity index (χ4n) is 4.40. The van der Waals surface area contributed by atoms with Gasteiger partial charge in [-0.2, -0.15) is 0 Å². The molecule has 6 rings (SSSR count). The zero-order valence-electron chi connectivity index (χ0n) is 20.6. The molecule has 4 N–H and O–H groups in total. The highest BCUT2D eigenvalue weighted by Gasteiger charge is 2.14. The van der Waals surface area contributed by atoms with Gasteiger partial charge >= 0.3 is 0 Å². The van der Waals surface area contributed by atoms with Gasteiger partial charge in [-0.1, -0.05) is 29.5 Å². The standard InChI is InChI=1S/C28H27N7O2S/c29-22-3-1-2-4-23(22)33-27(36)20-6-8-21(9-7-20)32-28-31-16-25(38-28)24-15-30-26-10-5-19(18-35(24)26)17-34-11-13-37-14-12-34/h1-10,15-16,18H,11-14,17,29H2,(H,31,32)(H,33,36). The number of carbonyl (C=O) groups excluding carboxylic acids is 1. The molecule has 38 heavy (non-hydrogen) atoms. The number of rotatable bonds is 7. The van der Waals surface area contributed by atoms with Gasteiger partial charge in [0.2, 0.25) is 0 Å². The van der Waals surface area contributed by atoms with Crippen LogP contribution in [-0.4, -0.2) is 51.5 Å². The van der Waals surface area contributed by atoms with Crippen molar-refractivity contribution in [1.29, 1.82) is 0 Å². The Kier molecular flexibility index (Phi) is 6.74. The lowest BCUT2D eigenvalue weighted by atomic mass is 10.2. The topological polar surface area (TPSA) is 110 Å². The molecular weight excluding hydrogens is 498 g/mol. The Labute approximate surface area is 223 Å². The second-order valence-corrected chi connectivity index (χ2v) is 10.1. The van der Waals surface area contributed by atoms with E-state index >= 15 is 0 Å². The molecule has 0 unspecified atom stereocenters. The van der Waals surface area contributed by atoms with Crippen molar-refractivity contribution in [3.63, 3.8) is 0 Å². The zero-order valence-corrected chi connectivity index (χ0v) is 21.4. The van der Waals surface area contributed by atoms with Crippen LogP contribution in [0.1, 0.15) is 15.9 Å². The first kappa shape index (κ1) is 24.1. The van der Waals surface area contributed by atoms with E-state index in [-0.39, 0.29) is 5.91 Å². The minimum Gasteiger partial charge on any atom is -0.397 e. The molecule has 0 saturated carbocycles. The number of aromatic nitrogens is 3. The lowest BCUT2D eigenvalue weighted by Gasteiger charge is -2.26. The van der Waals surface area contributed by atoms with Gasteiger partial charge < -0.3 is 21.1 Å². The number of nitrogen functional groups attached to an aromatic ring is 1. The number of nitrogens with two attached hydrogens (primary N) is 1. The Bertz CT molecular complexity index is 1570. The monoisotopic (exact) mass is 525 g/mol. The summed E-state index contributed by atoms with van der Waals surface area (Å²) < 4.78 is 7.59. The van der Waals surface area contributed by atoms with Crippen LogP contribution in [0.3, 0.4) is 0 Å². The average molecular weight is 526 g/mol. The summed E-state index contributed by atoms with van der Waals surface area (Å²) in [5.74, 6) is -0.216. The Balaban J connectivity index is 1.14. The van der Waals surface area contributed by atoms with E-state index in [1.54, 1.807) is 35.6 Å². The summed E-state index contributed by atoms with van der Waals surface area (Å²) in [7, 11) is 0. The first-order chi connectivity index (χ1) is 18.6. The van der Waals surface area contributed by atoms with Crippen molar-refractivity contribution in [2.45, 2.75) is 6.54 Å². The number of imidazole rings is 1. The molecule has 1 saturated heterocycles. The second kappa shape index (κ2) is 10.6. The first-order valence-electron chi connectivity index (χ1n) is 12.4. The van der Waals surface area contributed by atoms with Crippen LogP contribution in [0.2, 0.25) is 0 Å². The molecule has 4 heterocycles. The highest BCUT2D eigenvalue weighted by molar-refractivity contribution is 7.18. The fraction of sp³-hybridized carbons (Fsp3) is 0.179. The van der Waals surface area contributed by atoms with Crippen LogP contribution < -0.4 is 16.4 Å². The third-order valence-electron chi connectivity index (χ3n) is 6.44. The number of benzene rings is 2. The van der Waals surface area contributed by atoms with Crippen LogP contribution in [-0.2, 0) is 11.3 Å². The van der Waals surface area contributed by atoms with Gasteiger partial charge in [-0.15, -0.1) is 0 Å². The fourth-order valence-corrected chi connectivity index (χ4v) is 5.25. The number of fused-ring (bicyclic) bond motifs is 1. The largest absolute Gasteiger partial charge is 0.397 e. The summed E-state index contributed by atoms with van der Waals surface area (Å²) >= 11 is 1.55. The predicted octanol–water partition coefficient (Wildman–Crippen LogP) is 4.87. The summed E-state index contributed by atoms with van der Waals surface area (Å²) in [5.41, 5.74) is 11.6. The molecular formula is C28H27N7O2S. The molecule has 192 valence electrons. The molecule has 3 aromatic heterocycles. The van der Waals surface area contributed by atoms with E-state index in [9.17, 15) is 4.79 Å². The quantitative estimate of drug-likeness (QED) is 0.260. The number of para-hydroxylation sites is 2. The van der Waals surface area contributed by atoms with Crippen LogP contribution in [0, 0.1) is 0 Å². The molecule has 0 bridgehead atoms. The minimum atomic E-state index is -0.216. The van der Waals surface area contributed by atoms with Crippen LogP contribution in [0.15, 0.2) is 79.3 Å². The normalized spacial score (nSPS) is 14.0. The van der Waals surface area contributed by atoms with E-state index in [0.717, 1.165) is 59.9 Å². The van der Waals surface area contributed by atoms with Crippen molar-refractivity contribution in [2.75, 3.05) is 42.7 Å². The number of nitrogens with zero attached hydrogens (tertiary/aromatic N) is 4. The maximum atomic E-state index is 12.6. The van der Waals surface area contributed by atoms with Gasteiger partial charge in [0.15, 0.2) is 5.13 Å². The summed E-state index contributed by atoms with van der Waals surface area (Å²) in [5, 5.41) is 6.94. The van der Waals surface area contributed by atoms with Gasteiger partial charge in [-0.05, 0) is 48.0 Å². The summed E-state index contributed by atoms with van der Waals surface area (Å²) in [6, 6.07) is 18.6. The molecule has 5 aromatic rings. The molecule has 0 spiro atoms. The number of carbonyl (C=O) groups is 1. The number of nitrogens with one attached hydrogen (secondary N) is 2. The number of hydrogen-bond acceptors (Lipinski definition) is 8. The molecule has 1 amide bonds. The Morgan fingerprint density at radius 3 is 2.63 bits per heavy atom. The number of ether oxygens (including phenoxy) is 1. The van der Waals surface area contributed by atoms with Gasteiger partial charge in [-0.3, -0.25) is 14.1 Å². The first-order valence-corrected chi connectivity index (χ1v) is 13.2. The summed E-state index contributed by atoms with van der Waals surface area (Å²) in [6.07, 6.45) is 5.90. The van der Waals surface area contributed by atoms with Crippen molar-refractivity contribution in [1.82, 2.24) is 19.3 Å². The third kappa shape index (κ3) is 5.23. The van der Waals surface area contributed by atoms with E-state index in [1.807, 2.05) is 36.7 Å². The molecule has 2 aromatic carbocycles. The van der Waals surface area contributed by atoms with Crippen molar-refractivity contribution in [3.8, 4) is 10.6 Å². The summed E-state index contributed by atoms with van der Waals surface area (Å²) in [4.78, 5) is 25.2. The molecule has 10 heteroatoms. The molecule has 9 nitrogen and oxygen atoms in total. The second-order valence-electron chi connectivity index (χ2n) is 9.07. The number of amides is 1. The van der Waals surface area contributed by atoms with Crippen molar-refractivity contribution in [2.24, 2.45) is 0 Å². The lowest BCUT2D eigenvalue weighted by molar-refractivity contribution is 0.0341. The number of thiazole rings is 1. The number of pyridine rings is 1. The lowest BCUT2D eigenvalue weighted by Crippen LogP contribution is -2.35. The summed E-state index contributed by atoms with van der Waals surface area (Å²) in [6.45, 7) is 4.36. The van der Waals surface area contributed by atoms with Gasteiger partial charge in [0.05, 0.1) is 41.4 Å². The molecule has 0 radical (unpaired) electrons. The average Bonchev–Trinajstić information content (AvgIpc) is 3.57. The molecule has 1 fully saturated rings. The zero-order chi connectivity index (χ0) is 25.9. The number of anilines is 4. The maximum absolute atomic E-state index is 12.6. The molecule has 1 aliphatic rings. The van der Waals surface area contributed by atoms with E-state index in [1.165, 1.54) is 5.56 Å². The Hall–Kier alpha value is -4.25. The highest BCUT2D eigenvalue weighted by atomic mass is 32.1. The van der Waals surface area contributed by atoms with E-state index in [4.69, 9.17) is 10.5 Å². The highest BCUT2D eigenvalue weighted by Crippen LogP contribution is 2.31. The van der Waals surface area contributed by atoms with Crippen LogP contribution >= 0.6 is 11.3 Å². The van der Waals surface area contributed by atoms with Crippen LogP contribution in [0.4, 0.5) is 22.2 Å². The van der Waals surface area contributed by atoms with Gasteiger partial charge in [0.1, 0.15) is 5.65 Å². The predicted molar refractivity (Wildman–Crippen MR) is 151 cm³/mol. The number of hydrogen-bond donors (Lipinski definition) is 3. The van der Waals surface area contributed by atoms with E-state index in [2.05, 4.69) is 48.2 Å². The van der Waals surface area contributed by atoms with E-state index < -0.39 is 0 Å². The maximum Gasteiger partial charge on any atom is 0.255 e. The van der Waals surface area contributed by atoms with Gasteiger partial charge in [0.25, 0.3) is 5.91 Å². The molecule has 0 atom stereocenters. The van der Waals surface area contributed by atoms with Crippen molar-refractivity contribution in [3.05, 3.63) is 90.4 Å². The Morgan fingerprint density at radius 2 is 1.82 bits per heavy atom. The Morgan fingerprint density at radius 1 is 1.00 bits per heavy atom. The molecule has 1 aliphatic heterocycles. The SMILES string of the molecule is Nc1ccccc1NC(=O)c1ccc(Nc2ncc(-c3cnc4ccc(CN5CCOCC5)cn34)s2)cc1. The van der Waals surface area contributed by atoms with Gasteiger partial charge in [-0.25, -0.2) is 9.97 Å². The smallest absolute Gasteiger partial charge is 0.255 e. The van der Waals surface area contributed by atoms with E-state index in [0.29, 0.717) is 16.9 Å². The number of morpholine rings is 1. The minimum absolute atomic E-state index is 0.216. The third-order valence-corrected chi connectivity index (χ3v) is 7.38. The van der Waals surface area contributed by atoms with Crippen LogP contribution in [0.5, 0.6) is 0 Å². The van der Waals surface area contributed by atoms with Gasteiger partial charge in [0, 0.05) is 43.3 Å². The van der Waals surface area contributed by atoms with Crippen molar-refractivity contribution < 1.29 is 9.53 Å².